The number of para-hydroxylation sites is 6. The van der Waals surface area contributed by atoms with Gasteiger partial charge in [0.1, 0.15) is 0 Å². The zero-order valence-corrected chi connectivity index (χ0v) is 57.4. The normalized spacial score (nSPS) is 11.8. The average Bonchev–Trinajstić information content (AvgIpc) is 1.59. The highest BCUT2D eigenvalue weighted by atomic mass is 15.0. The van der Waals surface area contributed by atoms with Crippen molar-refractivity contribution in [1.82, 2.24) is 38.2 Å². The lowest BCUT2D eigenvalue weighted by Crippen LogP contribution is -2.02. The molecule has 21 rings (SSSR count). The van der Waals surface area contributed by atoms with E-state index in [2.05, 4.69) is 382 Å². The van der Waals surface area contributed by atoms with Gasteiger partial charge >= 0.3 is 0 Å². The predicted octanol–water partition coefficient (Wildman–Crippen LogP) is 25.0. The molecule has 21 aromatic rings. The Labute approximate surface area is 610 Å². The summed E-state index contributed by atoms with van der Waals surface area (Å²) in [6, 6.07) is 135. The first-order valence-corrected chi connectivity index (χ1v) is 36.0. The van der Waals surface area contributed by atoms with Crippen molar-refractivity contribution >= 4 is 87.2 Å². The number of benzene rings is 15. The van der Waals surface area contributed by atoms with E-state index in [-0.39, 0.29) is 0 Å². The summed E-state index contributed by atoms with van der Waals surface area (Å²) in [6.45, 7) is 0. The molecule has 0 saturated heterocycles. The Bertz CT molecular complexity index is 6900. The van der Waals surface area contributed by atoms with Crippen molar-refractivity contribution in [3.05, 3.63) is 376 Å². The molecule has 8 heteroatoms. The van der Waals surface area contributed by atoms with Crippen LogP contribution in [-0.4, -0.2) is 38.2 Å². The van der Waals surface area contributed by atoms with E-state index >= 15 is 0 Å². The van der Waals surface area contributed by atoms with E-state index in [4.69, 9.17) is 19.9 Å². The molecule has 0 radical (unpaired) electrons. The van der Waals surface area contributed by atoms with Crippen LogP contribution in [0.4, 0.5) is 0 Å². The van der Waals surface area contributed by atoms with Gasteiger partial charge in [-0.25, -0.2) is 19.9 Å². The molecular weight excluding hydrogens is 1290 g/mol. The third kappa shape index (κ3) is 10.1. The van der Waals surface area contributed by atoms with Crippen LogP contribution in [0.5, 0.6) is 0 Å². The van der Waals surface area contributed by atoms with Crippen LogP contribution >= 0.6 is 0 Å². The minimum atomic E-state index is 0.626. The summed E-state index contributed by atoms with van der Waals surface area (Å²) in [5.41, 5.74) is 26.5. The number of rotatable bonds is 12. The van der Waals surface area contributed by atoms with Crippen LogP contribution in [0.2, 0.25) is 0 Å². The Hall–Kier alpha value is -14.3. The first-order chi connectivity index (χ1) is 52.5. The Balaban J connectivity index is 0.743. The standard InChI is InChI=1S/C98H62N8/c1-5-26-63(27-6-1)67-34-25-35-70(52-67)88-62-87(66-32-11-4-12-33-66)101-98(102-88)72-54-74(104-91-44-21-15-38-79(91)80-39-16-22-45-92(80)104)60-76(56-72)106-94-47-24-18-41-82(94)84-58-69(49-51-96(84)106)68-48-50-95-83(57-68)81-40-17-23-46-93(81)105(95)75-55-71(53-73(59-75)103-89-42-19-13-36-77(89)78-37-14-20-43-90(78)103)97-99-85(64-28-7-2-8-29-64)61-86(100-97)65-30-9-3-10-31-65/h1-62H. The monoisotopic (exact) mass is 1350 g/mol. The van der Waals surface area contributed by atoms with Crippen LogP contribution in [0, 0.1) is 0 Å². The predicted molar refractivity (Wildman–Crippen MR) is 438 cm³/mol. The molecule has 0 aliphatic heterocycles. The first-order valence-electron chi connectivity index (χ1n) is 36.0. The van der Waals surface area contributed by atoms with Gasteiger partial charge in [0.2, 0.25) is 0 Å². The molecule has 0 spiro atoms. The third-order valence-electron chi connectivity index (χ3n) is 21.1. The van der Waals surface area contributed by atoms with Crippen molar-refractivity contribution in [3.63, 3.8) is 0 Å². The fourth-order valence-electron chi connectivity index (χ4n) is 16.3. The molecule has 0 amide bonds. The maximum Gasteiger partial charge on any atom is 0.160 e. The minimum absolute atomic E-state index is 0.626. The van der Waals surface area contributed by atoms with E-state index < -0.39 is 0 Å². The van der Waals surface area contributed by atoms with Gasteiger partial charge in [-0.2, -0.15) is 0 Å². The molecule has 0 aliphatic rings. The molecule has 6 heterocycles. The molecule has 0 bridgehead atoms. The Morgan fingerprint density at radius 3 is 0.717 bits per heavy atom. The van der Waals surface area contributed by atoms with Crippen molar-refractivity contribution in [1.29, 1.82) is 0 Å². The van der Waals surface area contributed by atoms with Crippen LogP contribution in [0.1, 0.15) is 0 Å². The van der Waals surface area contributed by atoms with E-state index in [0.29, 0.717) is 11.6 Å². The van der Waals surface area contributed by atoms with Crippen molar-refractivity contribution in [2.45, 2.75) is 0 Å². The molecule has 0 N–H and O–H groups in total. The van der Waals surface area contributed by atoms with Gasteiger partial charge in [0, 0.05) is 99.2 Å². The van der Waals surface area contributed by atoms with Crippen LogP contribution in [0.3, 0.4) is 0 Å². The summed E-state index contributed by atoms with van der Waals surface area (Å²) >= 11 is 0. The number of fused-ring (bicyclic) bond motifs is 12. The Morgan fingerprint density at radius 2 is 0.387 bits per heavy atom. The van der Waals surface area contributed by atoms with Gasteiger partial charge in [0.05, 0.1) is 66.9 Å². The SMILES string of the molecule is c1ccc(-c2cccc(-c3cc(-c4ccccc4)nc(-c4cc(-n5c6ccccc6c6ccccc65)cc(-n5c6ccccc6c6cc(-c7ccc8c(c7)c7ccccc7n8-c7cc(-c8nc(-c9ccccc9)cc(-c9ccccc9)n8)cc(-n8c9ccccc9c9ccccc98)c7)ccc65)c4)n3)c2)cc1. The van der Waals surface area contributed by atoms with Crippen LogP contribution in [0.15, 0.2) is 376 Å². The van der Waals surface area contributed by atoms with Crippen LogP contribution in [0.25, 0.3) is 200 Å². The third-order valence-corrected chi connectivity index (χ3v) is 21.1. The lowest BCUT2D eigenvalue weighted by atomic mass is 10.0. The maximum atomic E-state index is 5.57. The molecular formula is C98H62N8. The van der Waals surface area contributed by atoms with Gasteiger partial charge < -0.3 is 18.3 Å². The zero-order chi connectivity index (χ0) is 69.8. The van der Waals surface area contributed by atoms with Crippen molar-refractivity contribution < 1.29 is 0 Å². The Kier molecular flexibility index (Phi) is 14.1. The summed E-state index contributed by atoms with van der Waals surface area (Å²) in [5, 5.41) is 9.35. The van der Waals surface area contributed by atoms with Gasteiger partial charge in [0.25, 0.3) is 0 Å². The van der Waals surface area contributed by atoms with Crippen molar-refractivity contribution in [2.24, 2.45) is 0 Å². The Morgan fingerprint density at radius 1 is 0.142 bits per heavy atom. The molecule has 8 nitrogen and oxygen atoms in total. The fraction of sp³-hybridized carbons (Fsp3) is 0. The molecule has 0 unspecified atom stereocenters. The molecule has 6 aromatic heterocycles. The minimum Gasteiger partial charge on any atom is -0.309 e. The van der Waals surface area contributed by atoms with E-state index in [1.165, 1.54) is 21.5 Å². The highest BCUT2D eigenvalue weighted by Gasteiger charge is 2.24. The average molecular weight is 1350 g/mol. The topological polar surface area (TPSA) is 71.3 Å². The molecule has 0 atom stereocenters. The summed E-state index contributed by atoms with van der Waals surface area (Å²) in [6.07, 6.45) is 0. The summed E-state index contributed by atoms with van der Waals surface area (Å²) in [4.78, 5) is 22.0. The second-order valence-electron chi connectivity index (χ2n) is 27.4. The molecule has 0 fully saturated rings. The molecule has 0 aliphatic carbocycles. The van der Waals surface area contributed by atoms with Gasteiger partial charge in [-0.05, 0) is 138 Å². The van der Waals surface area contributed by atoms with E-state index in [1.807, 2.05) is 12.1 Å². The van der Waals surface area contributed by atoms with Crippen molar-refractivity contribution in [2.75, 3.05) is 0 Å². The van der Waals surface area contributed by atoms with Gasteiger partial charge in [-0.3, -0.25) is 0 Å². The van der Waals surface area contributed by atoms with Gasteiger partial charge in [-0.1, -0.05) is 261 Å². The lowest BCUT2D eigenvalue weighted by molar-refractivity contribution is 1.12. The zero-order valence-electron chi connectivity index (χ0n) is 57.4. The van der Waals surface area contributed by atoms with Crippen LogP contribution in [-0.2, 0) is 0 Å². The lowest BCUT2D eigenvalue weighted by Gasteiger charge is -2.16. The van der Waals surface area contributed by atoms with E-state index in [9.17, 15) is 0 Å². The number of nitrogens with zero attached hydrogens (tertiary/aromatic N) is 8. The van der Waals surface area contributed by atoms with Gasteiger partial charge in [0.15, 0.2) is 11.6 Å². The summed E-state index contributed by atoms with van der Waals surface area (Å²) in [7, 11) is 0. The summed E-state index contributed by atoms with van der Waals surface area (Å²) in [5.74, 6) is 1.26. The molecule has 0 saturated carbocycles. The number of aromatic nitrogens is 8. The smallest absolute Gasteiger partial charge is 0.160 e. The number of hydrogen-bond acceptors (Lipinski definition) is 4. The second kappa shape index (κ2) is 24.7. The quantitative estimate of drug-likeness (QED) is 0.122. The highest BCUT2D eigenvalue weighted by molar-refractivity contribution is 6.14. The largest absolute Gasteiger partial charge is 0.309 e. The molecule has 15 aromatic carbocycles. The molecule has 106 heavy (non-hydrogen) atoms. The number of hydrogen-bond donors (Lipinski definition) is 0. The maximum absolute atomic E-state index is 5.57. The van der Waals surface area contributed by atoms with Crippen LogP contribution < -0.4 is 0 Å². The van der Waals surface area contributed by atoms with Crippen molar-refractivity contribution in [3.8, 4) is 113 Å². The molecule has 494 valence electrons. The van der Waals surface area contributed by atoms with Gasteiger partial charge in [-0.15, -0.1) is 0 Å². The fourth-order valence-corrected chi connectivity index (χ4v) is 16.3. The summed E-state index contributed by atoms with van der Waals surface area (Å²) < 4.78 is 9.68. The van der Waals surface area contributed by atoms with E-state index in [1.54, 1.807) is 0 Å². The second-order valence-corrected chi connectivity index (χ2v) is 27.4. The highest BCUT2D eigenvalue weighted by Crippen LogP contribution is 2.44. The van der Waals surface area contributed by atoms with E-state index in [0.717, 1.165) is 167 Å². The first kappa shape index (κ1) is 60.4.